The van der Waals surface area contributed by atoms with Crippen molar-refractivity contribution in [3.63, 3.8) is 0 Å². The van der Waals surface area contributed by atoms with Gasteiger partial charge in [-0.15, -0.1) is 0 Å². The van der Waals surface area contributed by atoms with Gasteiger partial charge in [0.25, 0.3) is 5.91 Å². The number of benzene rings is 2. The van der Waals surface area contributed by atoms with Crippen LogP contribution in [0.1, 0.15) is 16.8 Å². The summed E-state index contributed by atoms with van der Waals surface area (Å²) in [6.45, 7) is 1.15. The number of hydrogen-bond donors (Lipinski definition) is 1. The maximum Gasteiger partial charge on any atom is 0.255 e. The number of rotatable bonds is 3. The molecule has 3 rings (SSSR count). The van der Waals surface area contributed by atoms with Crippen molar-refractivity contribution in [2.24, 2.45) is 0 Å². The van der Waals surface area contributed by atoms with Crippen LogP contribution in [0.15, 0.2) is 42.5 Å². The number of hydrogen-bond acceptors (Lipinski definition) is 2. The lowest BCUT2D eigenvalue weighted by atomic mass is 10.2. The van der Waals surface area contributed by atoms with Gasteiger partial charge < -0.3 is 10.2 Å². The third-order valence-corrected chi connectivity index (χ3v) is 4.46. The first-order chi connectivity index (χ1) is 11.0. The zero-order chi connectivity index (χ0) is 16.4. The molecule has 3 nitrogen and oxygen atoms in total. The number of likely N-dealkylation sites (tertiary alicyclic amines) is 1. The molecule has 1 aliphatic rings. The van der Waals surface area contributed by atoms with Crippen LogP contribution in [0.25, 0.3) is 0 Å². The van der Waals surface area contributed by atoms with Crippen LogP contribution in [-0.2, 0) is 0 Å². The van der Waals surface area contributed by atoms with Crippen LogP contribution in [-0.4, -0.2) is 29.9 Å². The third-order valence-electron chi connectivity index (χ3n) is 3.86. The van der Waals surface area contributed by atoms with E-state index in [2.05, 4.69) is 5.32 Å². The molecule has 0 bridgehead atoms. The molecule has 1 amide bonds. The first kappa shape index (κ1) is 16.1. The molecule has 0 aliphatic carbocycles. The van der Waals surface area contributed by atoms with Gasteiger partial charge in [-0.05, 0) is 30.7 Å². The molecule has 1 aliphatic heterocycles. The van der Waals surface area contributed by atoms with E-state index in [1.54, 1.807) is 4.90 Å². The average Bonchev–Trinajstić information content (AvgIpc) is 3.00. The Labute approximate surface area is 144 Å². The van der Waals surface area contributed by atoms with E-state index < -0.39 is 5.82 Å². The minimum absolute atomic E-state index is 0.0865. The molecule has 1 unspecified atom stereocenters. The van der Waals surface area contributed by atoms with E-state index in [0.717, 1.165) is 18.2 Å². The lowest BCUT2D eigenvalue weighted by Gasteiger charge is -2.18. The lowest BCUT2D eigenvalue weighted by Crippen LogP contribution is -2.31. The van der Waals surface area contributed by atoms with Crippen molar-refractivity contribution in [1.29, 1.82) is 0 Å². The fourth-order valence-corrected chi connectivity index (χ4v) is 3.15. The Hall–Kier alpha value is -1.78. The summed E-state index contributed by atoms with van der Waals surface area (Å²) in [6.07, 6.45) is 0.828. The molecule has 1 fully saturated rings. The van der Waals surface area contributed by atoms with Gasteiger partial charge in [0, 0.05) is 24.8 Å². The molecule has 23 heavy (non-hydrogen) atoms. The fraction of sp³-hybridized carbons (Fsp3) is 0.235. The first-order valence-corrected chi connectivity index (χ1v) is 8.05. The van der Waals surface area contributed by atoms with Gasteiger partial charge in [-0.3, -0.25) is 4.79 Å². The van der Waals surface area contributed by atoms with E-state index >= 15 is 0 Å². The van der Waals surface area contributed by atoms with Crippen LogP contribution in [0.3, 0.4) is 0 Å². The van der Waals surface area contributed by atoms with E-state index in [1.807, 2.05) is 30.3 Å². The zero-order valence-corrected chi connectivity index (χ0v) is 13.7. The van der Waals surface area contributed by atoms with Crippen LogP contribution in [0.4, 0.5) is 10.1 Å². The second-order valence-corrected chi connectivity index (χ2v) is 6.31. The second-order valence-electron chi connectivity index (χ2n) is 5.49. The van der Waals surface area contributed by atoms with E-state index in [0.29, 0.717) is 13.1 Å². The van der Waals surface area contributed by atoms with Gasteiger partial charge in [-0.25, -0.2) is 4.39 Å². The monoisotopic (exact) mass is 352 g/mol. The van der Waals surface area contributed by atoms with Crippen molar-refractivity contribution >= 4 is 34.8 Å². The predicted octanol–water partition coefficient (Wildman–Crippen LogP) is 4.46. The van der Waals surface area contributed by atoms with E-state index in [1.165, 1.54) is 6.07 Å². The van der Waals surface area contributed by atoms with Crippen molar-refractivity contribution in [2.75, 3.05) is 18.4 Å². The molecule has 1 N–H and O–H groups in total. The Morgan fingerprint density at radius 3 is 2.65 bits per heavy atom. The maximum atomic E-state index is 13.6. The van der Waals surface area contributed by atoms with Gasteiger partial charge in [0.05, 0.1) is 15.6 Å². The molecule has 0 radical (unpaired) electrons. The van der Waals surface area contributed by atoms with Crippen molar-refractivity contribution in [3.8, 4) is 0 Å². The SMILES string of the molecule is O=C(c1cc(F)c(Cl)cc1Cl)N1CCC(Nc2ccccc2)C1. The summed E-state index contributed by atoms with van der Waals surface area (Å²) in [5.41, 5.74) is 1.16. The quantitative estimate of drug-likeness (QED) is 0.827. The molecule has 1 saturated heterocycles. The molecule has 1 heterocycles. The Kier molecular flexibility index (Phi) is 4.74. The number of para-hydroxylation sites is 1. The number of amides is 1. The topological polar surface area (TPSA) is 32.3 Å². The standard InChI is InChI=1S/C17H15Cl2FN2O/c18-14-9-15(19)16(20)8-13(14)17(23)22-7-6-12(10-22)21-11-4-2-1-3-5-11/h1-5,8-9,12,21H,6-7,10H2. The predicted molar refractivity (Wildman–Crippen MR) is 90.8 cm³/mol. The molecule has 0 aromatic heterocycles. The summed E-state index contributed by atoms with van der Waals surface area (Å²) in [5, 5.41) is 3.47. The molecule has 0 spiro atoms. The highest BCUT2D eigenvalue weighted by atomic mass is 35.5. The van der Waals surface area contributed by atoms with Crippen LogP contribution in [0, 0.1) is 5.82 Å². The Morgan fingerprint density at radius 2 is 1.91 bits per heavy atom. The first-order valence-electron chi connectivity index (χ1n) is 7.30. The van der Waals surface area contributed by atoms with Gasteiger partial charge >= 0.3 is 0 Å². The fourth-order valence-electron chi connectivity index (χ4n) is 2.69. The van der Waals surface area contributed by atoms with Crippen molar-refractivity contribution in [2.45, 2.75) is 12.5 Å². The largest absolute Gasteiger partial charge is 0.380 e. The molecular formula is C17H15Cl2FN2O. The summed E-state index contributed by atoms with van der Waals surface area (Å²) < 4.78 is 13.6. The maximum absolute atomic E-state index is 13.6. The van der Waals surface area contributed by atoms with Crippen LogP contribution in [0.2, 0.25) is 10.0 Å². The highest BCUT2D eigenvalue weighted by Crippen LogP contribution is 2.27. The normalized spacial score (nSPS) is 17.3. The Bertz CT molecular complexity index is 724. The molecular weight excluding hydrogens is 338 g/mol. The molecule has 6 heteroatoms. The van der Waals surface area contributed by atoms with Gasteiger partial charge in [0.1, 0.15) is 5.82 Å². The smallest absolute Gasteiger partial charge is 0.255 e. The summed E-state index contributed by atoms with van der Waals surface area (Å²) in [6, 6.07) is 12.4. The highest BCUT2D eigenvalue weighted by Gasteiger charge is 2.28. The van der Waals surface area contributed by atoms with Gasteiger partial charge in [0.2, 0.25) is 0 Å². The number of carbonyl (C=O) groups is 1. The average molecular weight is 353 g/mol. The summed E-state index contributed by atoms with van der Waals surface area (Å²) in [7, 11) is 0. The number of carbonyl (C=O) groups excluding carboxylic acids is 1. The lowest BCUT2D eigenvalue weighted by molar-refractivity contribution is 0.0791. The number of nitrogens with one attached hydrogen (secondary N) is 1. The second kappa shape index (κ2) is 6.77. The summed E-state index contributed by atoms with van der Waals surface area (Å²) in [4.78, 5) is 14.2. The van der Waals surface area contributed by atoms with Crippen molar-refractivity contribution in [3.05, 3.63) is 63.9 Å². The van der Waals surface area contributed by atoms with E-state index in [-0.39, 0.29) is 27.6 Å². The highest BCUT2D eigenvalue weighted by molar-refractivity contribution is 6.36. The molecule has 1 atom stereocenters. The number of halogens is 3. The molecule has 0 saturated carbocycles. The van der Waals surface area contributed by atoms with Crippen LogP contribution >= 0.6 is 23.2 Å². The molecule has 2 aromatic rings. The minimum Gasteiger partial charge on any atom is -0.380 e. The van der Waals surface area contributed by atoms with Gasteiger partial charge in [-0.1, -0.05) is 41.4 Å². The molecule has 2 aromatic carbocycles. The Morgan fingerprint density at radius 1 is 1.17 bits per heavy atom. The molecule has 120 valence electrons. The van der Waals surface area contributed by atoms with Crippen molar-refractivity contribution < 1.29 is 9.18 Å². The van der Waals surface area contributed by atoms with Gasteiger partial charge in [-0.2, -0.15) is 0 Å². The zero-order valence-electron chi connectivity index (χ0n) is 12.2. The van der Waals surface area contributed by atoms with Crippen LogP contribution in [0.5, 0.6) is 0 Å². The van der Waals surface area contributed by atoms with E-state index in [4.69, 9.17) is 23.2 Å². The number of anilines is 1. The minimum atomic E-state index is -0.641. The van der Waals surface area contributed by atoms with Gasteiger partial charge in [0.15, 0.2) is 0 Å². The number of nitrogens with zero attached hydrogens (tertiary/aromatic N) is 1. The summed E-state index contributed by atoms with van der Waals surface area (Å²) in [5.74, 6) is -0.916. The Balaban J connectivity index is 1.69. The van der Waals surface area contributed by atoms with Crippen LogP contribution < -0.4 is 5.32 Å². The van der Waals surface area contributed by atoms with Crippen molar-refractivity contribution in [1.82, 2.24) is 4.90 Å². The summed E-state index contributed by atoms with van der Waals surface area (Å²) >= 11 is 11.7. The third kappa shape index (κ3) is 3.59. The van der Waals surface area contributed by atoms with E-state index in [9.17, 15) is 9.18 Å².